The summed E-state index contributed by atoms with van der Waals surface area (Å²) < 4.78 is 27.7. The summed E-state index contributed by atoms with van der Waals surface area (Å²) in [6.07, 6.45) is 0. The fourth-order valence-corrected chi connectivity index (χ4v) is 3.99. The zero-order valence-corrected chi connectivity index (χ0v) is 17.5. The Morgan fingerprint density at radius 2 is 1.48 bits per heavy atom. The highest BCUT2D eigenvalue weighted by molar-refractivity contribution is 7.92. The van der Waals surface area contributed by atoms with Gasteiger partial charge in [0.05, 0.1) is 4.90 Å². The summed E-state index contributed by atoms with van der Waals surface area (Å²) in [5.41, 5.74) is 3.72. The average Bonchev–Trinajstić information content (AvgIpc) is 2.70. The van der Waals surface area contributed by atoms with E-state index in [0.29, 0.717) is 11.3 Å². The van der Waals surface area contributed by atoms with E-state index in [-0.39, 0.29) is 16.7 Å². The molecule has 0 heterocycles. The molecule has 0 saturated carbocycles. The van der Waals surface area contributed by atoms with Crippen molar-refractivity contribution in [2.24, 2.45) is 0 Å². The first kappa shape index (κ1) is 20.6. The third-order valence-corrected chi connectivity index (χ3v) is 5.96. The molecule has 0 radical (unpaired) electrons. The number of carbonyl (C=O) groups is 1. The van der Waals surface area contributed by atoms with Crippen molar-refractivity contribution in [2.45, 2.75) is 31.6 Å². The van der Waals surface area contributed by atoms with Crippen LogP contribution in [0.1, 0.15) is 41.3 Å². The van der Waals surface area contributed by atoms with Gasteiger partial charge in [-0.3, -0.25) is 9.52 Å². The van der Waals surface area contributed by atoms with Crippen LogP contribution < -0.4 is 10.0 Å². The highest BCUT2D eigenvalue weighted by atomic mass is 32.2. The number of para-hydroxylation sites is 1. The molecule has 150 valence electrons. The molecule has 6 heteroatoms. The Morgan fingerprint density at radius 1 is 0.862 bits per heavy atom. The van der Waals surface area contributed by atoms with Crippen molar-refractivity contribution in [1.82, 2.24) is 0 Å². The average molecular weight is 409 g/mol. The van der Waals surface area contributed by atoms with Crippen LogP contribution in [0.2, 0.25) is 0 Å². The Morgan fingerprint density at radius 3 is 2.10 bits per heavy atom. The van der Waals surface area contributed by atoms with Gasteiger partial charge in [0.25, 0.3) is 15.9 Å². The van der Waals surface area contributed by atoms with Crippen molar-refractivity contribution >= 4 is 27.3 Å². The summed E-state index contributed by atoms with van der Waals surface area (Å²) in [7, 11) is -3.73. The molecule has 0 unspecified atom stereocenters. The van der Waals surface area contributed by atoms with Crippen LogP contribution in [-0.2, 0) is 10.0 Å². The van der Waals surface area contributed by atoms with Crippen LogP contribution >= 0.6 is 0 Å². The first-order chi connectivity index (χ1) is 13.8. The molecule has 1 amide bonds. The Hall–Kier alpha value is -3.12. The molecule has 0 saturated heterocycles. The second-order valence-corrected chi connectivity index (χ2v) is 8.87. The molecule has 2 N–H and O–H groups in total. The second kappa shape index (κ2) is 8.49. The van der Waals surface area contributed by atoms with E-state index in [1.165, 1.54) is 24.3 Å². The molecule has 29 heavy (non-hydrogen) atoms. The van der Waals surface area contributed by atoms with E-state index in [0.717, 1.165) is 16.8 Å². The number of rotatable bonds is 6. The van der Waals surface area contributed by atoms with Crippen LogP contribution in [0.15, 0.2) is 77.7 Å². The Balaban J connectivity index is 1.76. The zero-order valence-electron chi connectivity index (χ0n) is 16.6. The lowest BCUT2D eigenvalue weighted by molar-refractivity contribution is 0.102. The van der Waals surface area contributed by atoms with E-state index in [1.807, 2.05) is 43.3 Å². The number of sulfonamides is 1. The summed E-state index contributed by atoms with van der Waals surface area (Å²) in [6.45, 7) is 6.05. The quantitative estimate of drug-likeness (QED) is 0.591. The van der Waals surface area contributed by atoms with Gasteiger partial charge in [-0.1, -0.05) is 49.7 Å². The fourth-order valence-electron chi connectivity index (χ4n) is 2.93. The molecule has 0 aliphatic carbocycles. The first-order valence-corrected chi connectivity index (χ1v) is 10.8. The fraction of sp³-hybridized carbons (Fsp3) is 0.174. The normalized spacial score (nSPS) is 11.3. The summed E-state index contributed by atoms with van der Waals surface area (Å²) in [6, 6.07) is 20.6. The van der Waals surface area contributed by atoms with E-state index in [2.05, 4.69) is 23.9 Å². The highest BCUT2D eigenvalue weighted by Crippen LogP contribution is 2.24. The minimum Gasteiger partial charge on any atom is -0.322 e. The largest absolute Gasteiger partial charge is 0.322 e. The Kier molecular flexibility index (Phi) is 6.03. The summed E-state index contributed by atoms with van der Waals surface area (Å²) in [5.74, 6) is -0.0135. The van der Waals surface area contributed by atoms with Gasteiger partial charge in [-0.05, 0) is 60.9 Å². The SMILES string of the molecule is Cc1ccc(NS(=O)(=O)c2ccc(C(=O)Nc3ccccc3C(C)C)cc2)cc1. The van der Waals surface area contributed by atoms with Crippen LogP contribution in [0.4, 0.5) is 11.4 Å². The lowest BCUT2D eigenvalue weighted by Crippen LogP contribution is -2.15. The molecule has 3 aromatic carbocycles. The number of carbonyl (C=O) groups excluding carboxylic acids is 1. The van der Waals surface area contributed by atoms with Crippen molar-refractivity contribution in [3.05, 3.63) is 89.5 Å². The van der Waals surface area contributed by atoms with Crippen molar-refractivity contribution < 1.29 is 13.2 Å². The molecule has 0 spiro atoms. The smallest absolute Gasteiger partial charge is 0.261 e. The predicted octanol–water partition coefficient (Wildman–Crippen LogP) is 5.17. The number of hydrogen-bond donors (Lipinski definition) is 2. The van der Waals surface area contributed by atoms with Crippen LogP contribution in [0, 0.1) is 6.92 Å². The summed E-state index contributed by atoms with van der Waals surface area (Å²) in [4.78, 5) is 12.7. The van der Waals surface area contributed by atoms with E-state index >= 15 is 0 Å². The summed E-state index contributed by atoms with van der Waals surface area (Å²) >= 11 is 0. The third-order valence-electron chi connectivity index (χ3n) is 4.56. The van der Waals surface area contributed by atoms with E-state index in [4.69, 9.17) is 0 Å². The van der Waals surface area contributed by atoms with Gasteiger partial charge in [0, 0.05) is 16.9 Å². The molecule has 0 fully saturated rings. The number of hydrogen-bond acceptors (Lipinski definition) is 3. The lowest BCUT2D eigenvalue weighted by Gasteiger charge is -2.14. The van der Waals surface area contributed by atoms with Crippen molar-refractivity contribution in [3.63, 3.8) is 0 Å². The number of amides is 1. The van der Waals surface area contributed by atoms with Crippen LogP contribution in [-0.4, -0.2) is 14.3 Å². The molecular weight excluding hydrogens is 384 g/mol. The number of nitrogens with one attached hydrogen (secondary N) is 2. The molecular formula is C23H24N2O3S. The molecule has 0 aliphatic rings. The maximum absolute atomic E-state index is 12.6. The minimum atomic E-state index is -3.73. The van der Waals surface area contributed by atoms with Crippen LogP contribution in [0.25, 0.3) is 0 Å². The lowest BCUT2D eigenvalue weighted by atomic mass is 10.0. The predicted molar refractivity (Wildman–Crippen MR) is 117 cm³/mol. The van der Waals surface area contributed by atoms with E-state index in [9.17, 15) is 13.2 Å². The third kappa shape index (κ3) is 5.03. The molecule has 0 aliphatic heterocycles. The van der Waals surface area contributed by atoms with E-state index in [1.54, 1.807) is 12.1 Å². The van der Waals surface area contributed by atoms with Crippen molar-refractivity contribution in [1.29, 1.82) is 0 Å². The maximum Gasteiger partial charge on any atom is 0.261 e. The van der Waals surface area contributed by atoms with Crippen LogP contribution in [0.3, 0.4) is 0 Å². The first-order valence-electron chi connectivity index (χ1n) is 9.36. The van der Waals surface area contributed by atoms with Crippen molar-refractivity contribution in [3.8, 4) is 0 Å². The van der Waals surface area contributed by atoms with E-state index < -0.39 is 10.0 Å². The van der Waals surface area contributed by atoms with Gasteiger partial charge < -0.3 is 5.32 Å². The van der Waals surface area contributed by atoms with Gasteiger partial charge in [0.15, 0.2) is 0 Å². The molecule has 0 bridgehead atoms. The highest BCUT2D eigenvalue weighted by Gasteiger charge is 2.16. The van der Waals surface area contributed by atoms with Crippen molar-refractivity contribution in [2.75, 3.05) is 10.0 Å². The van der Waals surface area contributed by atoms with Gasteiger partial charge in [-0.15, -0.1) is 0 Å². The summed E-state index contributed by atoms with van der Waals surface area (Å²) in [5, 5.41) is 2.91. The zero-order chi connectivity index (χ0) is 21.0. The number of aryl methyl sites for hydroxylation is 1. The van der Waals surface area contributed by atoms with Crippen LogP contribution in [0.5, 0.6) is 0 Å². The Labute approximate surface area is 171 Å². The van der Waals surface area contributed by atoms with Gasteiger partial charge in [-0.2, -0.15) is 0 Å². The minimum absolute atomic E-state index is 0.0946. The molecule has 3 rings (SSSR count). The molecule has 3 aromatic rings. The van der Waals surface area contributed by atoms with Gasteiger partial charge in [-0.25, -0.2) is 8.42 Å². The molecule has 0 atom stereocenters. The Bertz CT molecular complexity index is 1100. The van der Waals surface area contributed by atoms with Gasteiger partial charge in [0.2, 0.25) is 0 Å². The standard InChI is InChI=1S/C23H24N2O3S/c1-16(2)21-6-4-5-7-22(21)24-23(26)18-10-14-20(15-11-18)29(27,28)25-19-12-8-17(3)9-13-19/h4-16,25H,1-3H3,(H,24,26). The monoisotopic (exact) mass is 408 g/mol. The maximum atomic E-state index is 12.6. The number of benzene rings is 3. The number of anilines is 2. The topological polar surface area (TPSA) is 75.3 Å². The second-order valence-electron chi connectivity index (χ2n) is 7.19. The molecule has 5 nitrogen and oxygen atoms in total. The molecule has 0 aromatic heterocycles. The van der Waals surface area contributed by atoms with Gasteiger partial charge in [0.1, 0.15) is 0 Å². The van der Waals surface area contributed by atoms with Gasteiger partial charge >= 0.3 is 0 Å².